The van der Waals surface area contributed by atoms with Crippen molar-refractivity contribution in [3.05, 3.63) is 54.7 Å². The van der Waals surface area contributed by atoms with Gasteiger partial charge in [0.25, 0.3) is 0 Å². The minimum atomic E-state index is 0.333. The molecule has 150 valence electrons. The highest BCUT2D eigenvalue weighted by Crippen LogP contribution is 2.27. The highest BCUT2D eigenvalue weighted by atomic mass is 16.3. The van der Waals surface area contributed by atoms with Gasteiger partial charge in [0.15, 0.2) is 0 Å². The zero-order valence-electron chi connectivity index (χ0n) is 16.7. The summed E-state index contributed by atoms with van der Waals surface area (Å²) in [6.45, 7) is 4.53. The Kier molecular flexibility index (Phi) is 5.17. The highest BCUT2D eigenvalue weighted by molar-refractivity contribution is 5.86. The van der Waals surface area contributed by atoms with E-state index in [1.807, 2.05) is 12.3 Å². The highest BCUT2D eigenvalue weighted by Gasteiger charge is 2.31. The monoisotopic (exact) mass is 388 g/mol. The van der Waals surface area contributed by atoms with E-state index in [0.29, 0.717) is 18.6 Å². The van der Waals surface area contributed by atoms with E-state index >= 15 is 0 Å². The number of fused-ring (bicyclic) bond motifs is 1. The van der Waals surface area contributed by atoms with Crippen molar-refractivity contribution in [2.24, 2.45) is 5.92 Å². The summed E-state index contributed by atoms with van der Waals surface area (Å²) in [7, 11) is 0. The molecule has 3 aromatic rings. The van der Waals surface area contributed by atoms with Gasteiger partial charge >= 0.3 is 0 Å². The Hall–Kier alpha value is -2.50. The first-order chi connectivity index (χ1) is 14.3. The molecule has 5 nitrogen and oxygen atoms in total. The van der Waals surface area contributed by atoms with Crippen LogP contribution in [-0.4, -0.2) is 58.8 Å². The van der Waals surface area contributed by atoms with Gasteiger partial charge in [-0.05, 0) is 61.2 Å². The van der Waals surface area contributed by atoms with E-state index in [1.165, 1.54) is 10.8 Å². The van der Waals surface area contributed by atoms with E-state index < -0.39 is 0 Å². The molecule has 2 aromatic carbocycles. The fourth-order valence-corrected chi connectivity index (χ4v) is 4.73. The molecule has 1 N–H and O–H groups in total. The normalized spacial score (nSPS) is 21.1. The van der Waals surface area contributed by atoms with E-state index in [2.05, 4.69) is 57.2 Å². The topological polar surface area (TPSA) is 52.5 Å². The third kappa shape index (κ3) is 3.85. The van der Waals surface area contributed by atoms with Gasteiger partial charge < -0.3 is 10.0 Å². The van der Waals surface area contributed by atoms with E-state index in [-0.39, 0.29) is 0 Å². The summed E-state index contributed by atoms with van der Waals surface area (Å²) in [4.78, 5) is 14.4. The summed E-state index contributed by atoms with van der Waals surface area (Å²) >= 11 is 0. The van der Waals surface area contributed by atoms with Crippen LogP contribution in [-0.2, 0) is 0 Å². The average Bonchev–Trinajstić information content (AvgIpc) is 3.29. The Morgan fingerprint density at radius 3 is 2.59 bits per heavy atom. The summed E-state index contributed by atoms with van der Waals surface area (Å²) in [6.07, 6.45) is 5.27. The van der Waals surface area contributed by atoms with Crippen LogP contribution in [0.4, 0.5) is 5.95 Å². The lowest BCUT2D eigenvalue weighted by Crippen LogP contribution is -2.43. The molecule has 0 amide bonds. The van der Waals surface area contributed by atoms with Crippen molar-refractivity contribution < 1.29 is 5.11 Å². The second-order valence-electron chi connectivity index (χ2n) is 8.35. The minimum absolute atomic E-state index is 0.333. The predicted molar refractivity (Wildman–Crippen MR) is 117 cm³/mol. The zero-order chi connectivity index (χ0) is 19.6. The number of rotatable bonds is 4. The van der Waals surface area contributed by atoms with Crippen molar-refractivity contribution >= 4 is 16.7 Å². The van der Waals surface area contributed by atoms with Gasteiger partial charge in [0, 0.05) is 37.5 Å². The van der Waals surface area contributed by atoms with E-state index in [4.69, 9.17) is 4.98 Å². The molecule has 0 spiro atoms. The van der Waals surface area contributed by atoms with Gasteiger partial charge in [-0.1, -0.05) is 36.4 Å². The molecular weight excluding hydrogens is 360 g/mol. The van der Waals surface area contributed by atoms with Gasteiger partial charge in [0.1, 0.15) is 0 Å². The van der Waals surface area contributed by atoms with Gasteiger partial charge in [0.05, 0.1) is 5.69 Å². The lowest BCUT2D eigenvalue weighted by Gasteiger charge is -2.35. The maximum Gasteiger partial charge on any atom is 0.225 e. The third-order valence-corrected chi connectivity index (χ3v) is 6.56. The number of piperidine rings is 1. The van der Waals surface area contributed by atoms with Crippen LogP contribution in [0.5, 0.6) is 0 Å². The minimum Gasteiger partial charge on any atom is -0.396 e. The lowest BCUT2D eigenvalue weighted by molar-refractivity contribution is 0.107. The van der Waals surface area contributed by atoms with Crippen LogP contribution >= 0.6 is 0 Å². The summed E-state index contributed by atoms with van der Waals surface area (Å²) in [5, 5.41) is 11.9. The molecular formula is C24H28N4O. The number of likely N-dealkylation sites (tertiary alicyclic amines) is 1. The second-order valence-corrected chi connectivity index (χ2v) is 8.35. The number of aliphatic hydroxyl groups excluding tert-OH is 1. The molecule has 0 aliphatic carbocycles. The molecule has 2 aliphatic heterocycles. The lowest BCUT2D eigenvalue weighted by atomic mass is 9.96. The fourth-order valence-electron chi connectivity index (χ4n) is 4.73. The summed E-state index contributed by atoms with van der Waals surface area (Å²) in [6, 6.07) is 17.5. The molecule has 29 heavy (non-hydrogen) atoms. The number of aromatic nitrogens is 2. The van der Waals surface area contributed by atoms with Crippen LogP contribution in [0.15, 0.2) is 54.7 Å². The maximum atomic E-state index is 9.37. The molecule has 1 aromatic heterocycles. The molecule has 2 fully saturated rings. The van der Waals surface area contributed by atoms with Crippen molar-refractivity contribution in [2.45, 2.75) is 25.3 Å². The number of nitrogens with zero attached hydrogens (tertiary/aromatic N) is 4. The summed E-state index contributed by atoms with van der Waals surface area (Å²) < 4.78 is 0. The van der Waals surface area contributed by atoms with E-state index in [0.717, 1.165) is 62.6 Å². The molecule has 1 unspecified atom stereocenters. The van der Waals surface area contributed by atoms with E-state index in [1.54, 1.807) is 0 Å². The molecule has 3 heterocycles. The average molecular weight is 389 g/mol. The van der Waals surface area contributed by atoms with Gasteiger partial charge in [-0.15, -0.1) is 0 Å². The number of anilines is 1. The van der Waals surface area contributed by atoms with Crippen LogP contribution in [0.25, 0.3) is 22.0 Å². The van der Waals surface area contributed by atoms with Gasteiger partial charge in [-0.25, -0.2) is 9.97 Å². The molecule has 0 bridgehead atoms. The Morgan fingerprint density at radius 1 is 0.931 bits per heavy atom. The molecule has 1 atom stereocenters. The van der Waals surface area contributed by atoms with Crippen molar-refractivity contribution in [3.63, 3.8) is 0 Å². The van der Waals surface area contributed by atoms with Crippen molar-refractivity contribution in [1.29, 1.82) is 0 Å². The van der Waals surface area contributed by atoms with Crippen molar-refractivity contribution in [1.82, 2.24) is 14.9 Å². The first-order valence-corrected chi connectivity index (χ1v) is 10.7. The summed E-state index contributed by atoms with van der Waals surface area (Å²) in [5.41, 5.74) is 2.11. The Bertz CT molecular complexity index is 983. The second kappa shape index (κ2) is 8.09. The van der Waals surface area contributed by atoms with Gasteiger partial charge in [0.2, 0.25) is 5.95 Å². The molecule has 2 aliphatic rings. The van der Waals surface area contributed by atoms with Crippen LogP contribution in [0.3, 0.4) is 0 Å². The maximum absolute atomic E-state index is 9.37. The van der Waals surface area contributed by atoms with Crippen LogP contribution in [0.2, 0.25) is 0 Å². The Balaban J connectivity index is 1.31. The number of hydrogen-bond acceptors (Lipinski definition) is 5. The Morgan fingerprint density at radius 2 is 1.76 bits per heavy atom. The van der Waals surface area contributed by atoms with Crippen LogP contribution in [0, 0.1) is 5.92 Å². The quantitative estimate of drug-likeness (QED) is 0.740. The standard InChI is InChI=1S/C24H28N4O/c29-17-18-8-12-27(13-9-18)22-10-14-28(16-22)24-25-11-7-23(26-24)21-6-5-19-3-1-2-4-20(19)15-21/h1-7,11,15,18,22,29H,8-10,12-14,16-17H2. The zero-order valence-corrected chi connectivity index (χ0v) is 16.7. The molecule has 0 saturated carbocycles. The molecule has 5 heteroatoms. The molecule has 5 rings (SSSR count). The van der Waals surface area contributed by atoms with Crippen LogP contribution in [0.1, 0.15) is 19.3 Å². The van der Waals surface area contributed by atoms with Crippen LogP contribution < -0.4 is 4.90 Å². The van der Waals surface area contributed by atoms with Gasteiger partial charge in [-0.3, -0.25) is 4.90 Å². The number of hydrogen-bond donors (Lipinski definition) is 1. The number of aliphatic hydroxyl groups is 1. The third-order valence-electron chi connectivity index (χ3n) is 6.56. The predicted octanol–water partition coefficient (Wildman–Crippen LogP) is 3.58. The number of benzene rings is 2. The van der Waals surface area contributed by atoms with Gasteiger partial charge in [-0.2, -0.15) is 0 Å². The van der Waals surface area contributed by atoms with Crippen molar-refractivity contribution in [2.75, 3.05) is 37.7 Å². The Labute approximate surface area is 172 Å². The first kappa shape index (κ1) is 18.5. The SMILES string of the molecule is OCC1CCN(C2CCN(c3nccc(-c4ccc5ccccc5c4)n3)C2)CC1. The molecule has 2 saturated heterocycles. The van der Waals surface area contributed by atoms with Crippen molar-refractivity contribution in [3.8, 4) is 11.3 Å². The first-order valence-electron chi connectivity index (χ1n) is 10.7. The summed E-state index contributed by atoms with van der Waals surface area (Å²) in [5.74, 6) is 1.33. The smallest absolute Gasteiger partial charge is 0.225 e. The largest absolute Gasteiger partial charge is 0.396 e. The molecule has 0 radical (unpaired) electrons. The van der Waals surface area contributed by atoms with E-state index in [9.17, 15) is 5.11 Å². The fraction of sp³-hybridized carbons (Fsp3) is 0.417.